The van der Waals surface area contributed by atoms with E-state index in [0.717, 1.165) is 12.4 Å². The van der Waals surface area contributed by atoms with Crippen LogP contribution >= 0.6 is 0 Å². The van der Waals surface area contributed by atoms with Crippen LogP contribution in [0.5, 0.6) is 0 Å². The molecule has 3 N–H and O–H groups in total. The molecule has 5 heteroatoms. The molecule has 0 saturated heterocycles. The fourth-order valence-corrected chi connectivity index (χ4v) is 1.18. The molecular weight excluding hydrogens is 166 g/mol. The zero-order valence-corrected chi connectivity index (χ0v) is 8.63. The van der Waals surface area contributed by atoms with Gasteiger partial charge in [0.25, 0.3) is 0 Å². The monoisotopic (exact) mass is 183 g/mol. The first kappa shape index (κ1) is 9.98. The Bertz CT molecular complexity index is 269. The number of anilines is 1. The molecule has 0 atom stereocenters. The minimum atomic E-state index is -0.218. The fourth-order valence-electron chi connectivity index (χ4n) is 1.18. The van der Waals surface area contributed by atoms with Crippen molar-refractivity contribution in [1.82, 2.24) is 20.1 Å². The first-order valence-electron chi connectivity index (χ1n) is 4.39. The van der Waals surface area contributed by atoms with E-state index in [1.807, 2.05) is 20.8 Å². The van der Waals surface area contributed by atoms with Crippen molar-refractivity contribution in [2.45, 2.75) is 26.3 Å². The van der Waals surface area contributed by atoms with Crippen molar-refractivity contribution >= 4 is 5.95 Å². The van der Waals surface area contributed by atoms with Gasteiger partial charge in [0.1, 0.15) is 0 Å². The summed E-state index contributed by atoms with van der Waals surface area (Å²) < 4.78 is 1.58. The van der Waals surface area contributed by atoms with Gasteiger partial charge in [-0.1, -0.05) is 6.92 Å². The number of nitrogen functional groups attached to an aromatic ring is 1. The van der Waals surface area contributed by atoms with Crippen LogP contribution in [-0.2, 0) is 12.6 Å². The van der Waals surface area contributed by atoms with Gasteiger partial charge in [-0.2, -0.15) is 10.1 Å². The van der Waals surface area contributed by atoms with Crippen LogP contribution in [0.1, 0.15) is 26.6 Å². The number of rotatable bonds is 3. The predicted molar refractivity (Wildman–Crippen MR) is 52.1 cm³/mol. The summed E-state index contributed by atoms with van der Waals surface area (Å²) in [6.45, 7) is 7.00. The van der Waals surface area contributed by atoms with E-state index in [4.69, 9.17) is 5.73 Å². The van der Waals surface area contributed by atoms with Gasteiger partial charge in [0, 0.05) is 7.05 Å². The molecule has 0 aromatic carbocycles. The topological polar surface area (TPSA) is 68.8 Å². The van der Waals surface area contributed by atoms with Gasteiger partial charge in [0.05, 0.1) is 5.54 Å². The molecule has 0 spiro atoms. The Morgan fingerprint density at radius 3 is 2.54 bits per heavy atom. The van der Waals surface area contributed by atoms with Gasteiger partial charge in [-0.25, -0.2) is 4.68 Å². The third kappa shape index (κ3) is 1.98. The Balaban J connectivity index is 2.93. The van der Waals surface area contributed by atoms with Gasteiger partial charge in [-0.3, -0.25) is 0 Å². The number of hydrogen-bond donors (Lipinski definition) is 2. The highest BCUT2D eigenvalue weighted by molar-refractivity contribution is 5.18. The molecule has 74 valence electrons. The van der Waals surface area contributed by atoms with Crippen molar-refractivity contribution in [1.29, 1.82) is 0 Å². The normalized spacial score (nSPS) is 12.0. The van der Waals surface area contributed by atoms with E-state index >= 15 is 0 Å². The summed E-state index contributed by atoms with van der Waals surface area (Å²) >= 11 is 0. The molecule has 0 aliphatic heterocycles. The van der Waals surface area contributed by atoms with Crippen LogP contribution in [-0.4, -0.2) is 21.3 Å². The molecule has 1 aromatic heterocycles. The van der Waals surface area contributed by atoms with Crippen molar-refractivity contribution in [3.05, 3.63) is 5.82 Å². The first-order valence-corrected chi connectivity index (χ1v) is 4.39. The van der Waals surface area contributed by atoms with E-state index in [-0.39, 0.29) is 5.54 Å². The van der Waals surface area contributed by atoms with Crippen LogP contribution in [0.3, 0.4) is 0 Å². The molecule has 0 bridgehead atoms. The van der Waals surface area contributed by atoms with Gasteiger partial charge in [-0.05, 0) is 20.4 Å². The zero-order valence-electron chi connectivity index (χ0n) is 8.63. The van der Waals surface area contributed by atoms with Crippen molar-refractivity contribution in [2.24, 2.45) is 7.05 Å². The molecule has 0 amide bonds. The lowest BCUT2D eigenvalue weighted by Gasteiger charge is -2.21. The van der Waals surface area contributed by atoms with E-state index in [2.05, 4.69) is 15.4 Å². The lowest BCUT2D eigenvalue weighted by atomic mass is 10.1. The lowest BCUT2D eigenvalue weighted by Crippen LogP contribution is -2.37. The van der Waals surface area contributed by atoms with Crippen LogP contribution < -0.4 is 11.1 Å². The minimum absolute atomic E-state index is 0.218. The highest BCUT2D eigenvalue weighted by Gasteiger charge is 2.24. The van der Waals surface area contributed by atoms with E-state index in [1.54, 1.807) is 11.7 Å². The zero-order chi connectivity index (χ0) is 10.1. The third-order valence-corrected chi connectivity index (χ3v) is 1.97. The van der Waals surface area contributed by atoms with Gasteiger partial charge in [-0.15, -0.1) is 0 Å². The van der Waals surface area contributed by atoms with Crippen molar-refractivity contribution in [3.8, 4) is 0 Å². The summed E-state index contributed by atoms with van der Waals surface area (Å²) in [5.74, 6) is 1.18. The average Bonchev–Trinajstić information content (AvgIpc) is 2.33. The maximum atomic E-state index is 5.60. The molecule has 1 aromatic rings. The summed E-state index contributed by atoms with van der Waals surface area (Å²) in [6.07, 6.45) is 0. The lowest BCUT2D eigenvalue weighted by molar-refractivity contribution is 0.390. The Morgan fingerprint density at radius 2 is 2.15 bits per heavy atom. The summed E-state index contributed by atoms with van der Waals surface area (Å²) in [7, 11) is 1.79. The van der Waals surface area contributed by atoms with Gasteiger partial charge in [0.15, 0.2) is 5.82 Å². The molecule has 1 heterocycles. The number of hydrogen-bond acceptors (Lipinski definition) is 4. The Hall–Kier alpha value is -1.10. The number of nitrogens with zero attached hydrogens (tertiary/aromatic N) is 3. The molecule has 0 radical (unpaired) electrons. The van der Waals surface area contributed by atoms with Crippen LogP contribution in [0.2, 0.25) is 0 Å². The standard InChI is InChI=1S/C8H17N5/c1-5-10-8(2,3)6-11-7(9)13(4)12-6/h10H,5H2,1-4H3,(H2,9,11,12). The molecule has 0 unspecified atom stereocenters. The molecule has 0 fully saturated rings. The molecule has 1 rings (SSSR count). The van der Waals surface area contributed by atoms with Crippen LogP contribution in [0.15, 0.2) is 0 Å². The molecule has 0 saturated carbocycles. The highest BCUT2D eigenvalue weighted by Crippen LogP contribution is 2.16. The summed E-state index contributed by atoms with van der Waals surface area (Å²) in [5, 5.41) is 7.50. The van der Waals surface area contributed by atoms with Crippen molar-refractivity contribution in [3.63, 3.8) is 0 Å². The van der Waals surface area contributed by atoms with Gasteiger partial charge in [0.2, 0.25) is 5.95 Å². The Labute approximate surface area is 78.3 Å². The fraction of sp³-hybridized carbons (Fsp3) is 0.750. The van der Waals surface area contributed by atoms with Gasteiger partial charge >= 0.3 is 0 Å². The second-order valence-electron chi connectivity index (χ2n) is 3.57. The number of aromatic nitrogens is 3. The first-order chi connectivity index (χ1) is 5.97. The van der Waals surface area contributed by atoms with Gasteiger partial charge < -0.3 is 11.1 Å². The number of nitrogens with two attached hydrogens (primary N) is 1. The summed E-state index contributed by atoms with van der Waals surface area (Å²) in [6, 6.07) is 0. The Kier molecular flexibility index (Phi) is 2.56. The van der Waals surface area contributed by atoms with E-state index in [0.29, 0.717) is 5.95 Å². The van der Waals surface area contributed by atoms with Crippen molar-refractivity contribution in [2.75, 3.05) is 12.3 Å². The second-order valence-corrected chi connectivity index (χ2v) is 3.57. The van der Waals surface area contributed by atoms with Crippen LogP contribution in [0.4, 0.5) is 5.95 Å². The maximum absolute atomic E-state index is 5.60. The molecular formula is C8H17N5. The van der Waals surface area contributed by atoms with Crippen molar-refractivity contribution < 1.29 is 0 Å². The SMILES string of the molecule is CCNC(C)(C)c1nc(N)n(C)n1. The molecule has 13 heavy (non-hydrogen) atoms. The molecule has 0 aliphatic rings. The number of nitrogens with one attached hydrogen (secondary N) is 1. The largest absolute Gasteiger partial charge is 0.368 e. The highest BCUT2D eigenvalue weighted by atomic mass is 15.4. The minimum Gasteiger partial charge on any atom is -0.368 e. The predicted octanol–water partition coefficient (Wildman–Crippen LogP) is 0.242. The van der Waals surface area contributed by atoms with E-state index < -0.39 is 0 Å². The summed E-state index contributed by atoms with van der Waals surface area (Å²) in [5.41, 5.74) is 5.38. The van der Waals surface area contributed by atoms with E-state index in [1.165, 1.54) is 0 Å². The molecule has 0 aliphatic carbocycles. The maximum Gasteiger partial charge on any atom is 0.218 e. The third-order valence-electron chi connectivity index (χ3n) is 1.97. The Morgan fingerprint density at radius 1 is 1.54 bits per heavy atom. The molecule has 5 nitrogen and oxygen atoms in total. The van der Waals surface area contributed by atoms with E-state index in [9.17, 15) is 0 Å². The smallest absolute Gasteiger partial charge is 0.218 e. The second kappa shape index (κ2) is 3.33. The van der Waals surface area contributed by atoms with Crippen LogP contribution in [0.25, 0.3) is 0 Å². The van der Waals surface area contributed by atoms with Crippen LogP contribution in [0, 0.1) is 0 Å². The average molecular weight is 183 g/mol. The summed E-state index contributed by atoms with van der Waals surface area (Å²) in [4.78, 5) is 4.17. The quantitative estimate of drug-likeness (QED) is 0.704. The number of aryl methyl sites for hydroxylation is 1.